The average molecular weight is 178 g/mol. The third-order valence-electron chi connectivity index (χ3n) is 0.774. The third kappa shape index (κ3) is 3.13. The Bertz CT molecular complexity index is 320. The van der Waals surface area contributed by atoms with E-state index < -0.39 is 17.1 Å². The summed E-state index contributed by atoms with van der Waals surface area (Å²) in [5.41, 5.74) is -1.71. The summed E-state index contributed by atoms with van der Waals surface area (Å²) in [4.78, 5) is 24.0. The van der Waals surface area contributed by atoms with Gasteiger partial charge in [0.05, 0.1) is 0 Å². The Kier molecular flexibility index (Phi) is 5.62. The molecule has 0 aliphatic rings. The van der Waals surface area contributed by atoms with Crippen LogP contribution in [0.1, 0.15) is 0 Å². The van der Waals surface area contributed by atoms with Crippen molar-refractivity contribution >= 4 is 17.4 Å². The predicted molar refractivity (Wildman–Crippen MR) is 41.2 cm³/mol. The maximum absolute atomic E-state index is 12.0. The average Bonchev–Trinajstić information content (AvgIpc) is 1.80. The molecule has 0 saturated carbocycles. The van der Waals surface area contributed by atoms with E-state index in [1.54, 1.807) is 4.98 Å². The van der Waals surface area contributed by atoms with E-state index in [2.05, 4.69) is 0 Å². The first-order valence-electron chi connectivity index (χ1n) is 2.17. The Hall–Kier alpha value is -0.898. The highest BCUT2D eigenvalue weighted by atomic mass is 27.0. The zero-order valence-corrected chi connectivity index (χ0v) is 4.77. The number of halogens is 1. The van der Waals surface area contributed by atoms with E-state index in [0.29, 0.717) is 6.20 Å². The highest BCUT2D eigenvalue weighted by Crippen LogP contribution is 1.74. The normalized spacial score (nSPS) is 7.73. The molecule has 62 valence electrons. The van der Waals surface area contributed by atoms with Gasteiger partial charge in [-0.1, -0.05) is 0 Å². The molecular formula is C4H8AlFN2O3. The molecule has 0 atom stereocenters. The fourth-order valence-corrected chi connectivity index (χ4v) is 0.393. The SMILES string of the molecule is O.O=c1[nH]cc(F)c(=O)[nH]1.[AlH3]. The standard InChI is InChI=1S/C4H3FN2O2.Al.H2O.3H/c5-2-1-6-4(9)7-3(2)8;;;;;/h1H,(H2,6,7,8,9);;1H2;;;. The molecule has 7 heteroatoms. The Morgan fingerprint density at radius 2 is 1.91 bits per heavy atom. The van der Waals surface area contributed by atoms with Gasteiger partial charge in [-0.25, -0.2) is 4.79 Å². The summed E-state index contributed by atoms with van der Waals surface area (Å²) in [5, 5.41) is 0. The summed E-state index contributed by atoms with van der Waals surface area (Å²) >= 11 is 0. The van der Waals surface area contributed by atoms with Crippen molar-refractivity contribution in [2.45, 2.75) is 0 Å². The second-order valence-corrected chi connectivity index (χ2v) is 1.42. The van der Waals surface area contributed by atoms with Crippen molar-refractivity contribution in [1.29, 1.82) is 0 Å². The number of H-pyrrole nitrogens is 2. The zero-order chi connectivity index (χ0) is 6.85. The van der Waals surface area contributed by atoms with E-state index in [1.165, 1.54) is 0 Å². The summed E-state index contributed by atoms with van der Waals surface area (Å²) in [6.45, 7) is 0. The monoisotopic (exact) mass is 178 g/mol. The molecule has 4 N–H and O–H groups in total. The number of rotatable bonds is 0. The van der Waals surface area contributed by atoms with Gasteiger partial charge in [0.1, 0.15) is 0 Å². The van der Waals surface area contributed by atoms with Crippen LogP contribution in [0.15, 0.2) is 15.8 Å². The molecule has 0 amide bonds. The first-order valence-corrected chi connectivity index (χ1v) is 2.17. The molecule has 1 rings (SSSR count). The Morgan fingerprint density at radius 3 is 2.27 bits per heavy atom. The van der Waals surface area contributed by atoms with Crippen LogP contribution in [0, 0.1) is 5.82 Å². The van der Waals surface area contributed by atoms with E-state index in [1.807, 2.05) is 4.98 Å². The van der Waals surface area contributed by atoms with Crippen molar-refractivity contribution in [2.24, 2.45) is 0 Å². The van der Waals surface area contributed by atoms with Crippen molar-refractivity contribution in [2.75, 3.05) is 0 Å². The second-order valence-electron chi connectivity index (χ2n) is 1.42. The molecule has 0 bridgehead atoms. The summed E-state index contributed by atoms with van der Waals surface area (Å²) in [6, 6.07) is 0. The lowest BCUT2D eigenvalue weighted by molar-refractivity contribution is 0.597. The molecule has 0 fully saturated rings. The largest absolute Gasteiger partial charge is 0.412 e. The number of aromatic nitrogens is 2. The molecule has 0 aliphatic carbocycles. The first-order chi connectivity index (χ1) is 4.20. The summed E-state index contributed by atoms with van der Waals surface area (Å²) in [7, 11) is 0. The van der Waals surface area contributed by atoms with Crippen LogP contribution in [0.2, 0.25) is 0 Å². The van der Waals surface area contributed by atoms with Gasteiger partial charge < -0.3 is 10.5 Å². The maximum atomic E-state index is 12.0. The molecule has 1 aromatic heterocycles. The molecule has 0 spiro atoms. The smallest absolute Gasteiger partial charge is 0.325 e. The molecule has 11 heavy (non-hydrogen) atoms. The maximum Gasteiger partial charge on any atom is 0.325 e. The van der Waals surface area contributed by atoms with E-state index in [9.17, 15) is 14.0 Å². The van der Waals surface area contributed by atoms with Crippen LogP contribution in [0.4, 0.5) is 4.39 Å². The van der Waals surface area contributed by atoms with Gasteiger partial charge in [0.15, 0.2) is 17.4 Å². The van der Waals surface area contributed by atoms with E-state index in [0.717, 1.165) is 0 Å². The van der Waals surface area contributed by atoms with Crippen molar-refractivity contribution in [1.82, 2.24) is 9.97 Å². The lowest BCUT2D eigenvalue weighted by Crippen LogP contribution is -2.23. The van der Waals surface area contributed by atoms with Crippen LogP contribution in [0.25, 0.3) is 0 Å². The van der Waals surface area contributed by atoms with Gasteiger partial charge in [0, 0.05) is 6.20 Å². The van der Waals surface area contributed by atoms with Crippen LogP contribution in [-0.4, -0.2) is 32.8 Å². The van der Waals surface area contributed by atoms with Gasteiger partial charge in [-0.2, -0.15) is 4.39 Å². The molecular weight excluding hydrogens is 170 g/mol. The van der Waals surface area contributed by atoms with Gasteiger partial charge in [-0.05, 0) is 0 Å². The minimum atomic E-state index is -1.00. The number of hydrogen-bond acceptors (Lipinski definition) is 2. The third-order valence-corrected chi connectivity index (χ3v) is 0.774. The highest BCUT2D eigenvalue weighted by Gasteiger charge is 1.93. The van der Waals surface area contributed by atoms with Crippen LogP contribution in [0.3, 0.4) is 0 Å². The lowest BCUT2D eigenvalue weighted by Gasteiger charge is -1.81. The van der Waals surface area contributed by atoms with Gasteiger partial charge >= 0.3 is 5.69 Å². The van der Waals surface area contributed by atoms with Gasteiger partial charge in [0.2, 0.25) is 5.82 Å². The van der Waals surface area contributed by atoms with Gasteiger partial charge in [0.25, 0.3) is 5.56 Å². The molecule has 0 saturated heterocycles. The van der Waals surface area contributed by atoms with Gasteiger partial charge in [-0.15, -0.1) is 0 Å². The van der Waals surface area contributed by atoms with Crippen molar-refractivity contribution in [3.05, 3.63) is 32.9 Å². The fraction of sp³-hybridized carbons (Fsp3) is 0. The van der Waals surface area contributed by atoms with E-state index in [-0.39, 0.29) is 22.8 Å². The number of aromatic amines is 2. The van der Waals surface area contributed by atoms with E-state index >= 15 is 0 Å². The molecule has 0 unspecified atom stereocenters. The molecule has 0 radical (unpaired) electrons. The van der Waals surface area contributed by atoms with Crippen LogP contribution in [0.5, 0.6) is 0 Å². The topological polar surface area (TPSA) is 97.2 Å². The molecule has 0 aliphatic heterocycles. The predicted octanol–water partition coefficient (Wildman–Crippen LogP) is -2.81. The number of nitrogens with one attached hydrogen (secondary N) is 2. The number of hydrogen-bond donors (Lipinski definition) is 2. The van der Waals surface area contributed by atoms with Crippen LogP contribution in [-0.2, 0) is 0 Å². The Morgan fingerprint density at radius 1 is 1.36 bits per heavy atom. The van der Waals surface area contributed by atoms with E-state index in [4.69, 9.17) is 0 Å². The molecule has 1 heterocycles. The van der Waals surface area contributed by atoms with Crippen molar-refractivity contribution in [3.8, 4) is 0 Å². The summed E-state index contributed by atoms with van der Waals surface area (Å²) in [6.07, 6.45) is 0.709. The minimum Gasteiger partial charge on any atom is -0.412 e. The van der Waals surface area contributed by atoms with Crippen LogP contribution < -0.4 is 11.2 Å². The highest BCUT2D eigenvalue weighted by molar-refractivity contribution is 5.75. The van der Waals surface area contributed by atoms with Gasteiger partial charge in [-0.3, -0.25) is 9.78 Å². The quantitative estimate of drug-likeness (QED) is 0.419. The van der Waals surface area contributed by atoms with Crippen molar-refractivity contribution < 1.29 is 9.87 Å². The lowest BCUT2D eigenvalue weighted by atomic mass is 10.6. The molecule has 1 aromatic rings. The first kappa shape index (κ1) is 12.8. The van der Waals surface area contributed by atoms with Crippen molar-refractivity contribution in [3.63, 3.8) is 0 Å². The molecule has 5 nitrogen and oxygen atoms in total. The fourth-order valence-electron chi connectivity index (χ4n) is 0.393. The Labute approximate surface area is 70.7 Å². The van der Waals surface area contributed by atoms with Crippen LogP contribution >= 0.6 is 0 Å². The Balaban J connectivity index is 0. The minimum absolute atomic E-state index is 0. The zero-order valence-electron chi connectivity index (χ0n) is 4.77. The second kappa shape index (κ2) is 4.85. The molecule has 0 aromatic carbocycles. The summed E-state index contributed by atoms with van der Waals surface area (Å²) in [5.74, 6) is -0.991. The summed E-state index contributed by atoms with van der Waals surface area (Å²) < 4.78 is 12.0.